The van der Waals surface area contributed by atoms with Gasteiger partial charge in [-0.2, -0.15) is 13.2 Å². The van der Waals surface area contributed by atoms with Crippen molar-refractivity contribution < 1.29 is 23.1 Å². The van der Waals surface area contributed by atoms with Crippen LogP contribution in [0.3, 0.4) is 0 Å². The zero-order chi connectivity index (χ0) is 14.3. The molecule has 2 heterocycles. The van der Waals surface area contributed by atoms with Crippen LogP contribution >= 0.6 is 0 Å². The fraction of sp³-hybridized carbons (Fsp3) is 0.273. The summed E-state index contributed by atoms with van der Waals surface area (Å²) in [5, 5.41) is 9.85. The first-order chi connectivity index (χ1) is 8.75. The van der Waals surface area contributed by atoms with Gasteiger partial charge in [-0.25, -0.2) is 5.01 Å². The van der Waals surface area contributed by atoms with Gasteiger partial charge in [0.05, 0.1) is 5.56 Å². The molecule has 2 rings (SSSR count). The Labute approximate surface area is 106 Å². The Morgan fingerprint density at radius 1 is 1.53 bits per heavy atom. The number of halogens is 3. The Hall–Kier alpha value is -2.09. The molecule has 1 amide bonds. The van der Waals surface area contributed by atoms with Crippen LogP contribution in [-0.2, 0) is 0 Å². The van der Waals surface area contributed by atoms with E-state index in [1.165, 1.54) is 25.3 Å². The molecule has 2 N–H and O–H groups in total. The predicted octanol–water partition coefficient (Wildman–Crippen LogP) is 1.20. The third kappa shape index (κ3) is 2.14. The Bertz CT molecular complexity index is 530. The second-order valence-corrected chi connectivity index (χ2v) is 4.05. The molecule has 0 saturated carbocycles. The van der Waals surface area contributed by atoms with E-state index in [9.17, 15) is 23.1 Å². The zero-order valence-corrected chi connectivity index (χ0v) is 9.77. The minimum absolute atomic E-state index is 0.0251. The molecular weight excluding hydrogens is 263 g/mol. The summed E-state index contributed by atoms with van der Waals surface area (Å²) in [6.45, 7) is 1.31. The first-order valence-electron chi connectivity index (χ1n) is 5.25. The summed E-state index contributed by atoms with van der Waals surface area (Å²) in [5.74, 6) is -1.03. The monoisotopic (exact) mass is 273 g/mol. The van der Waals surface area contributed by atoms with Crippen molar-refractivity contribution in [1.29, 1.82) is 0 Å². The Balaban J connectivity index is 2.38. The number of hydrogen-bond donors (Lipinski definition) is 2. The van der Waals surface area contributed by atoms with E-state index in [4.69, 9.17) is 0 Å². The molecule has 1 atom stereocenters. The van der Waals surface area contributed by atoms with Crippen LogP contribution in [0.4, 0.5) is 13.2 Å². The smallest absolute Gasteiger partial charge is 0.359 e. The SMILES string of the molecule is CC1=C[C@](O)(C(F)(F)F)N(C(=O)c2cccnc2)N1. The minimum Gasteiger partial charge on any atom is -0.359 e. The molecule has 0 aromatic carbocycles. The van der Waals surface area contributed by atoms with Gasteiger partial charge < -0.3 is 5.11 Å². The summed E-state index contributed by atoms with van der Waals surface area (Å²) >= 11 is 0. The molecule has 5 nitrogen and oxygen atoms in total. The van der Waals surface area contributed by atoms with Crippen LogP contribution in [0, 0.1) is 0 Å². The number of rotatable bonds is 1. The number of nitrogens with one attached hydrogen (secondary N) is 1. The van der Waals surface area contributed by atoms with Gasteiger partial charge in [-0.1, -0.05) is 0 Å². The number of carbonyl (C=O) groups excluding carboxylic acids is 1. The second kappa shape index (κ2) is 4.23. The van der Waals surface area contributed by atoms with Crippen LogP contribution in [0.1, 0.15) is 17.3 Å². The van der Waals surface area contributed by atoms with Gasteiger partial charge in [0.15, 0.2) is 0 Å². The molecule has 0 radical (unpaired) electrons. The van der Waals surface area contributed by atoms with Crippen LogP contribution in [0.25, 0.3) is 0 Å². The molecule has 0 saturated heterocycles. The Morgan fingerprint density at radius 2 is 2.21 bits per heavy atom. The topological polar surface area (TPSA) is 65.5 Å². The first-order valence-corrected chi connectivity index (χ1v) is 5.25. The Kier molecular flexibility index (Phi) is 2.97. The number of aromatic nitrogens is 1. The van der Waals surface area contributed by atoms with Crippen molar-refractivity contribution in [2.75, 3.05) is 0 Å². The third-order valence-electron chi connectivity index (χ3n) is 2.58. The summed E-state index contributed by atoms with van der Waals surface area (Å²) in [7, 11) is 0. The molecule has 0 fully saturated rings. The highest BCUT2D eigenvalue weighted by Gasteiger charge is 2.61. The molecule has 1 aromatic heterocycles. The van der Waals surface area contributed by atoms with Gasteiger partial charge in [-0.15, -0.1) is 0 Å². The molecular formula is C11H10F3N3O2. The average Bonchev–Trinajstić information content (AvgIpc) is 2.65. The number of carbonyl (C=O) groups is 1. The summed E-state index contributed by atoms with van der Waals surface area (Å²) in [5.41, 5.74) is -1.22. The molecule has 1 aromatic rings. The average molecular weight is 273 g/mol. The largest absolute Gasteiger partial charge is 0.442 e. The number of hydrogen-bond acceptors (Lipinski definition) is 4. The number of pyridine rings is 1. The highest BCUT2D eigenvalue weighted by molar-refractivity contribution is 5.94. The molecule has 0 unspecified atom stereocenters. The van der Waals surface area contributed by atoms with Crippen molar-refractivity contribution >= 4 is 5.91 Å². The lowest BCUT2D eigenvalue weighted by Crippen LogP contribution is -2.60. The summed E-state index contributed by atoms with van der Waals surface area (Å²) in [4.78, 5) is 15.6. The number of aliphatic hydroxyl groups is 1. The molecule has 8 heteroatoms. The van der Waals surface area contributed by atoms with Crippen molar-refractivity contribution in [3.8, 4) is 0 Å². The molecule has 19 heavy (non-hydrogen) atoms. The normalized spacial score (nSPS) is 23.0. The fourth-order valence-electron chi connectivity index (χ4n) is 1.69. The molecule has 102 valence electrons. The standard InChI is InChI=1S/C11H10F3N3O2/c1-7-5-10(19,11(12,13)14)17(16-7)9(18)8-3-2-4-15-6-8/h2-6,16,19H,1H3/t10-/m0/s1. The van der Waals surface area contributed by atoms with Crippen molar-refractivity contribution in [1.82, 2.24) is 15.4 Å². The van der Waals surface area contributed by atoms with Crippen molar-refractivity contribution in [3.63, 3.8) is 0 Å². The van der Waals surface area contributed by atoms with E-state index < -0.39 is 17.8 Å². The van der Waals surface area contributed by atoms with Gasteiger partial charge in [0.25, 0.3) is 11.6 Å². The summed E-state index contributed by atoms with van der Waals surface area (Å²) in [6.07, 6.45) is -1.97. The zero-order valence-electron chi connectivity index (χ0n) is 9.77. The van der Waals surface area contributed by atoms with Crippen LogP contribution in [0.15, 0.2) is 36.3 Å². The Morgan fingerprint density at radius 3 is 2.74 bits per heavy atom. The fourth-order valence-corrected chi connectivity index (χ4v) is 1.69. The third-order valence-corrected chi connectivity index (χ3v) is 2.58. The number of hydrazine groups is 1. The van der Waals surface area contributed by atoms with E-state index in [0.29, 0.717) is 6.08 Å². The lowest BCUT2D eigenvalue weighted by molar-refractivity contribution is -0.283. The maximum absolute atomic E-state index is 12.9. The lowest BCUT2D eigenvalue weighted by atomic mass is 10.1. The molecule has 0 aliphatic carbocycles. The van der Waals surface area contributed by atoms with Crippen molar-refractivity contribution in [2.24, 2.45) is 0 Å². The molecule has 0 bridgehead atoms. The van der Waals surface area contributed by atoms with E-state index in [-0.39, 0.29) is 16.3 Å². The maximum atomic E-state index is 12.9. The highest BCUT2D eigenvalue weighted by atomic mass is 19.4. The summed E-state index contributed by atoms with van der Waals surface area (Å²) in [6, 6.07) is 2.72. The number of nitrogens with zero attached hydrogens (tertiary/aromatic N) is 2. The van der Waals surface area contributed by atoms with Gasteiger partial charge >= 0.3 is 6.18 Å². The van der Waals surface area contributed by atoms with Gasteiger partial charge in [-0.3, -0.25) is 15.2 Å². The number of amides is 1. The minimum atomic E-state index is -5.02. The molecule has 1 aliphatic heterocycles. The first kappa shape index (κ1) is 13.3. The van der Waals surface area contributed by atoms with Gasteiger partial charge in [0.2, 0.25) is 0 Å². The number of allylic oxidation sites excluding steroid dienone is 1. The van der Waals surface area contributed by atoms with Crippen LogP contribution < -0.4 is 5.43 Å². The second-order valence-electron chi connectivity index (χ2n) is 4.05. The lowest BCUT2D eigenvalue weighted by Gasteiger charge is -2.33. The quantitative estimate of drug-likeness (QED) is 0.807. The van der Waals surface area contributed by atoms with Crippen LogP contribution in [0.5, 0.6) is 0 Å². The van der Waals surface area contributed by atoms with Crippen LogP contribution in [0.2, 0.25) is 0 Å². The molecule has 1 aliphatic rings. The van der Waals surface area contributed by atoms with Gasteiger partial charge in [0.1, 0.15) is 0 Å². The van der Waals surface area contributed by atoms with E-state index in [0.717, 1.165) is 6.20 Å². The summed E-state index contributed by atoms with van der Waals surface area (Å²) < 4.78 is 38.7. The van der Waals surface area contributed by atoms with E-state index in [1.807, 2.05) is 0 Å². The van der Waals surface area contributed by atoms with E-state index >= 15 is 0 Å². The van der Waals surface area contributed by atoms with Gasteiger partial charge in [-0.05, 0) is 25.1 Å². The number of alkyl halides is 3. The van der Waals surface area contributed by atoms with E-state index in [1.54, 1.807) is 0 Å². The molecule has 0 spiro atoms. The van der Waals surface area contributed by atoms with E-state index in [2.05, 4.69) is 10.4 Å². The van der Waals surface area contributed by atoms with Crippen molar-refractivity contribution in [3.05, 3.63) is 41.9 Å². The van der Waals surface area contributed by atoms with Gasteiger partial charge in [0, 0.05) is 18.1 Å². The van der Waals surface area contributed by atoms with Crippen LogP contribution in [-0.4, -0.2) is 32.9 Å². The maximum Gasteiger partial charge on any atom is 0.442 e. The highest BCUT2D eigenvalue weighted by Crippen LogP contribution is 2.38. The predicted molar refractivity (Wildman–Crippen MR) is 58.3 cm³/mol. The van der Waals surface area contributed by atoms with Crippen molar-refractivity contribution in [2.45, 2.75) is 18.8 Å².